The molecule has 0 radical (unpaired) electrons. The van der Waals surface area contributed by atoms with Gasteiger partial charge in [-0.1, -0.05) is 12.1 Å². The molecule has 4 bridgehead atoms. The molecule has 4 saturated carbocycles. The highest BCUT2D eigenvalue weighted by Crippen LogP contribution is 2.53. The summed E-state index contributed by atoms with van der Waals surface area (Å²) in [4.78, 5) is 19.5. The fraction of sp³-hybridized carbons (Fsp3) is 0.850. The van der Waals surface area contributed by atoms with Gasteiger partial charge < -0.3 is 9.84 Å². The zero-order valence-electron chi connectivity index (χ0n) is 15.7. The molecule has 5 aliphatic rings. The van der Waals surface area contributed by atoms with Crippen LogP contribution in [-0.4, -0.2) is 40.1 Å². The van der Waals surface area contributed by atoms with Crippen LogP contribution in [0, 0.1) is 23.7 Å². The predicted molar refractivity (Wildman–Crippen MR) is 96.2 cm³/mol. The lowest BCUT2D eigenvalue weighted by molar-refractivity contribution is -0.126. The third kappa shape index (κ3) is 2.96. The van der Waals surface area contributed by atoms with Gasteiger partial charge in [-0.15, -0.1) is 0 Å². The van der Waals surface area contributed by atoms with Crippen molar-refractivity contribution in [3.8, 4) is 0 Å². The normalized spacial score (nSPS) is 38.8. The highest BCUT2D eigenvalue weighted by Gasteiger charge is 2.48. The van der Waals surface area contributed by atoms with E-state index in [1.807, 2.05) is 6.92 Å². The van der Waals surface area contributed by atoms with Crippen molar-refractivity contribution in [1.82, 2.24) is 20.4 Å². The minimum atomic E-state index is 0.128. The lowest BCUT2D eigenvalue weighted by Crippen LogP contribution is -2.57. The standard InChI is InChI=1S/C20H30N4O2/c1-2-18-22-20(23-26-18)16-4-3-5-24(16)11-17(25)21-19-14-7-12-6-13(9-14)10-15(19)8-12/h12-16,19H,2-11H2,1H3,(H,21,25). The van der Waals surface area contributed by atoms with Crippen LogP contribution in [0.3, 0.4) is 0 Å². The van der Waals surface area contributed by atoms with Crippen molar-refractivity contribution in [2.24, 2.45) is 23.7 Å². The molecule has 5 fully saturated rings. The van der Waals surface area contributed by atoms with Gasteiger partial charge in [0, 0.05) is 12.5 Å². The number of rotatable bonds is 5. The molecule has 2 heterocycles. The molecule has 142 valence electrons. The maximum atomic E-state index is 12.8. The molecule has 1 unspecified atom stereocenters. The Morgan fingerprint density at radius 2 is 1.92 bits per heavy atom. The smallest absolute Gasteiger partial charge is 0.234 e. The Balaban J connectivity index is 1.21. The van der Waals surface area contributed by atoms with Gasteiger partial charge in [0.05, 0.1) is 12.6 Å². The first-order valence-electron chi connectivity index (χ1n) is 10.6. The molecular formula is C20H30N4O2. The molecule has 6 nitrogen and oxygen atoms in total. The predicted octanol–water partition coefficient (Wildman–Crippen LogP) is 2.71. The average molecular weight is 358 g/mol. The summed E-state index contributed by atoms with van der Waals surface area (Å²) in [5, 5.41) is 7.57. The second kappa shape index (κ2) is 6.63. The number of hydrogen-bond donors (Lipinski definition) is 1. The van der Waals surface area contributed by atoms with Crippen molar-refractivity contribution in [2.75, 3.05) is 13.1 Å². The molecule has 0 spiro atoms. The number of aromatic nitrogens is 2. The molecular weight excluding hydrogens is 328 g/mol. The van der Waals surface area contributed by atoms with Crippen molar-refractivity contribution >= 4 is 5.91 Å². The van der Waals surface area contributed by atoms with Gasteiger partial charge in [-0.05, 0) is 75.2 Å². The van der Waals surface area contributed by atoms with Gasteiger partial charge in [0.2, 0.25) is 11.8 Å². The number of nitrogens with zero attached hydrogens (tertiary/aromatic N) is 3. The molecule has 26 heavy (non-hydrogen) atoms. The number of amides is 1. The monoisotopic (exact) mass is 358 g/mol. The molecule has 1 atom stereocenters. The van der Waals surface area contributed by atoms with E-state index in [0.717, 1.165) is 55.3 Å². The van der Waals surface area contributed by atoms with E-state index in [1.165, 1.54) is 32.1 Å². The van der Waals surface area contributed by atoms with Gasteiger partial charge in [0.25, 0.3) is 0 Å². The van der Waals surface area contributed by atoms with Gasteiger partial charge in [-0.25, -0.2) is 0 Å². The van der Waals surface area contributed by atoms with Crippen molar-refractivity contribution in [2.45, 2.75) is 70.4 Å². The molecule has 1 aliphatic heterocycles. The van der Waals surface area contributed by atoms with Gasteiger partial charge >= 0.3 is 0 Å². The van der Waals surface area contributed by atoms with Crippen LogP contribution in [0.15, 0.2) is 4.52 Å². The number of aryl methyl sites for hydroxylation is 1. The van der Waals surface area contributed by atoms with Crippen molar-refractivity contribution in [3.05, 3.63) is 11.7 Å². The maximum Gasteiger partial charge on any atom is 0.234 e. The SMILES string of the molecule is CCc1nc(C2CCCN2CC(=O)NC2C3CC4CC(C3)CC2C4)no1. The molecule has 1 N–H and O–H groups in total. The van der Waals surface area contributed by atoms with Crippen molar-refractivity contribution in [3.63, 3.8) is 0 Å². The first kappa shape index (κ1) is 16.7. The van der Waals surface area contributed by atoms with Gasteiger partial charge in [0.15, 0.2) is 5.82 Å². The van der Waals surface area contributed by atoms with Crippen LogP contribution in [0.25, 0.3) is 0 Å². The summed E-state index contributed by atoms with van der Waals surface area (Å²) in [5.74, 6) is 4.97. The first-order chi connectivity index (χ1) is 12.7. The molecule has 1 aromatic heterocycles. The molecule has 6 rings (SSSR count). The summed E-state index contributed by atoms with van der Waals surface area (Å²) in [6, 6.07) is 0.552. The number of carbonyl (C=O) groups excluding carboxylic acids is 1. The molecule has 1 saturated heterocycles. The number of likely N-dealkylation sites (tertiary alicyclic amines) is 1. The van der Waals surface area contributed by atoms with E-state index < -0.39 is 0 Å². The molecule has 1 amide bonds. The quantitative estimate of drug-likeness (QED) is 0.876. The third-order valence-electron chi connectivity index (χ3n) is 7.35. The Labute approximate surface area is 155 Å². The van der Waals surface area contributed by atoms with E-state index >= 15 is 0 Å². The zero-order valence-corrected chi connectivity index (χ0v) is 15.7. The summed E-state index contributed by atoms with van der Waals surface area (Å²) in [7, 11) is 0. The van der Waals surface area contributed by atoms with E-state index in [-0.39, 0.29) is 11.9 Å². The Kier molecular flexibility index (Phi) is 4.26. The minimum absolute atomic E-state index is 0.128. The topological polar surface area (TPSA) is 71.3 Å². The van der Waals surface area contributed by atoms with E-state index in [0.29, 0.717) is 18.5 Å². The van der Waals surface area contributed by atoms with Gasteiger partial charge in [-0.3, -0.25) is 9.69 Å². The second-order valence-corrected chi connectivity index (χ2v) is 9.05. The molecule has 0 aromatic carbocycles. The van der Waals surface area contributed by atoms with Crippen molar-refractivity contribution in [1.29, 1.82) is 0 Å². The van der Waals surface area contributed by atoms with Gasteiger partial charge in [0.1, 0.15) is 0 Å². The third-order valence-corrected chi connectivity index (χ3v) is 7.35. The number of hydrogen-bond acceptors (Lipinski definition) is 5. The fourth-order valence-corrected chi connectivity index (χ4v) is 6.43. The second-order valence-electron chi connectivity index (χ2n) is 9.05. The molecule has 4 aliphatic carbocycles. The minimum Gasteiger partial charge on any atom is -0.352 e. The Morgan fingerprint density at radius 3 is 2.58 bits per heavy atom. The van der Waals surface area contributed by atoms with E-state index in [4.69, 9.17) is 4.52 Å². The van der Waals surface area contributed by atoms with Crippen LogP contribution in [0.1, 0.15) is 69.6 Å². The van der Waals surface area contributed by atoms with Gasteiger partial charge in [-0.2, -0.15) is 4.98 Å². The largest absolute Gasteiger partial charge is 0.352 e. The number of carbonyl (C=O) groups is 1. The Morgan fingerprint density at radius 1 is 1.19 bits per heavy atom. The van der Waals surface area contributed by atoms with Crippen LogP contribution < -0.4 is 5.32 Å². The molecule has 6 heteroatoms. The maximum absolute atomic E-state index is 12.8. The van der Waals surface area contributed by atoms with Crippen LogP contribution >= 0.6 is 0 Å². The number of nitrogens with one attached hydrogen (secondary N) is 1. The summed E-state index contributed by atoms with van der Waals surface area (Å²) in [6.45, 7) is 3.42. The molecule has 1 aromatic rings. The van der Waals surface area contributed by atoms with Crippen molar-refractivity contribution < 1.29 is 9.32 Å². The summed E-state index contributed by atoms with van der Waals surface area (Å²) < 4.78 is 5.28. The Hall–Kier alpha value is -1.43. The lowest BCUT2D eigenvalue weighted by atomic mass is 9.54. The average Bonchev–Trinajstić information content (AvgIpc) is 3.26. The van der Waals surface area contributed by atoms with E-state index in [1.54, 1.807) is 0 Å². The van der Waals surface area contributed by atoms with Crippen LogP contribution in [-0.2, 0) is 11.2 Å². The summed E-state index contributed by atoms with van der Waals surface area (Å²) in [6.07, 6.45) is 9.67. The lowest BCUT2D eigenvalue weighted by Gasteiger charge is -2.54. The highest BCUT2D eigenvalue weighted by molar-refractivity contribution is 5.78. The van der Waals surface area contributed by atoms with E-state index in [9.17, 15) is 4.79 Å². The van der Waals surface area contributed by atoms with Crippen LogP contribution in [0.5, 0.6) is 0 Å². The first-order valence-corrected chi connectivity index (χ1v) is 10.6. The summed E-state index contributed by atoms with van der Waals surface area (Å²) in [5.41, 5.74) is 0. The summed E-state index contributed by atoms with van der Waals surface area (Å²) >= 11 is 0. The Bertz CT molecular complexity index is 645. The van der Waals surface area contributed by atoms with Crippen LogP contribution in [0.2, 0.25) is 0 Å². The zero-order chi connectivity index (χ0) is 17.7. The van der Waals surface area contributed by atoms with E-state index in [2.05, 4.69) is 20.4 Å². The van der Waals surface area contributed by atoms with Crippen LogP contribution in [0.4, 0.5) is 0 Å². The fourth-order valence-electron chi connectivity index (χ4n) is 6.43. The highest BCUT2D eigenvalue weighted by atomic mass is 16.5.